The molecule has 0 amide bonds. The van der Waals surface area contributed by atoms with Gasteiger partial charge in [-0.3, -0.25) is 9.69 Å². The van der Waals surface area contributed by atoms with E-state index in [1.54, 1.807) is 0 Å². The molecule has 4 atom stereocenters. The summed E-state index contributed by atoms with van der Waals surface area (Å²) in [4.78, 5) is 13.7. The van der Waals surface area contributed by atoms with E-state index in [1.165, 1.54) is 5.56 Å². The highest BCUT2D eigenvalue weighted by atomic mass is 35.5. The molecule has 0 aliphatic carbocycles. The number of carboxylic acids is 1. The molecule has 2 bridgehead atoms. The molecule has 1 aromatic rings. The lowest BCUT2D eigenvalue weighted by molar-refractivity contribution is -0.142. The average Bonchev–Trinajstić information content (AvgIpc) is 2.96. The summed E-state index contributed by atoms with van der Waals surface area (Å²) in [5.74, 6) is -0.825. The maximum Gasteiger partial charge on any atom is 0.308 e. The van der Waals surface area contributed by atoms with E-state index in [-0.39, 0.29) is 18.0 Å². The number of benzene rings is 1. The van der Waals surface area contributed by atoms with E-state index in [0.717, 1.165) is 24.3 Å². The van der Waals surface area contributed by atoms with Crippen LogP contribution in [0.3, 0.4) is 0 Å². The van der Waals surface area contributed by atoms with Gasteiger partial charge in [0.25, 0.3) is 0 Å². The largest absolute Gasteiger partial charge is 0.481 e. The van der Waals surface area contributed by atoms with Gasteiger partial charge in [-0.15, -0.1) is 0 Å². The van der Waals surface area contributed by atoms with Gasteiger partial charge in [0.15, 0.2) is 0 Å². The van der Waals surface area contributed by atoms with Crippen molar-refractivity contribution in [1.82, 2.24) is 4.90 Å². The minimum absolute atomic E-state index is 0.187. The summed E-state index contributed by atoms with van der Waals surface area (Å²) < 4.78 is 0. The first-order valence-corrected chi connectivity index (χ1v) is 7.21. The molecule has 1 aromatic carbocycles. The van der Waals surface area contributed by atoms with Gasteiger partial charge in [0.05, 0.1) is 5.92 Å². The van der Waals surface area contributed by atoms with Crippen LogP contribution in [-0.2, 0) is 4.79 Å². The molecular weight excluding hydrogens is 262 g/mol. The zero-order valence-corrected chi connectivity index (χ0v) is 11.7. The molecule has 0 aromatic heterocycles. The normalized spacial score (nSPS) is 31.6. The number of aliphatic carboxylic acids is 1. The van der Waals surface area contributed by atoms with Gasteiger partial charge in [-0.2, -0.15) is 0 Å². The van der Waals surface area contributed by atoms with E-state index in [2.05, 4.69) is 11.8 Å². The van der Waals surface area contributed by atoms with Crippen LogP contribution < -0.4 is 0 Å². The van der Waals surface area contributed by atoms with Crippen molar-refractivity contribution in [2.75, 3.05) is 0 Å². The Labute approximate surface area is 118 Å². The van der Waals surface area contributed by atoms with Crippen molar-refractivity contribution in [1.29, 1.82) is 0 Å². The molecule has 19 heavy (non-hydrogen) atoms. The molecule has 2 aliphatic heterocycles. The Kier molecular flexibility index (Phi) is 3.27. The summed E-state index contributed by atoms with van der Waals surface area (Å²) in [6.07, 6.45) is 2.95. The molecule has 0 radical (unpaired) electrons. The summed E-state index contributed by atoms with van der Waals surface area (Å²) >= 11 is 5.92. The third-order valence-corrected chi connectivity index (χ3v) is 4.96. The Hall–Kier alpha value is -1.06. The van der Waals surface area contributed by atoms with Gasteiger partial charge in [-0.25, -0.2) is 0 Å². The van der Waals surface area contributed by atoms with Gasteiger partial charge in [-0.05, 0) is 43.9 Å². The van der Waals surface area contributed by atoms with E-state index in [0.29, 0.717) is 6.04 Å². The standard InChI is InChI=1S/C15H18ClNO2/c1-9(10-2-4-11(16)5-3-10)17-12-6-7-14(17)13(8-12)15(18)19/h2-5,9,12-14H,6-8H2,1H3,(H,18,19). The fourth-order valence-electron chi connectivity index (χ4n) is 3.81. The van der Waals surface area contributed by atoms with E-state index in [1.807, 2.05) is 24.3 Å². The second-order valence-electron chi connectivity index (χ2n) is 5.65. The zero-order valence-electron chi connectivity index (χ0n) is 10.9. The summed E-state index contributed by atoms with van der Waals surface area (Å²) in [5, 5.41) is 10.0. The monoisotopic (exact) mass is 279 g/mol. The highest BCUT2D eigenvalue weighted by Crippen LogP contribution is 2.46. The Morgan fingerprint density at radius 1 is 1.37 bits per heavy atom. The molecule has 1 N–H and O–H groups in total. The second kappa shape index (κ2) is 4.80. The number of carboxylic acid groups (broad SMARTS) is 1. The van der Waals surface area contributed by atoms with Crippen LogP contribution in [0.15, 0.2) is 24.3 Å². The number of hydrogen-bond donors (Lipinski definition) is 1. The highest BCUT2D eigenvalue weighted by Gasteiger charge is 2.50. The fourth-order valence-corrected chi connectivity index (χ4v) is 3.94. The Morgan fingerprint density at radius 3 is 2.63 bits per heavy atom. The van der Waals surface area contributed by atoms with Crippen LogP contribution in [0, 0.1) is 5.92 Å². The Bertz CT molecular complexity index is 487. The van der Waals surface area contributed by atoms with E-state index < -0.39 is 5.97 Å². The third-order valence-electron chi connectivity index (χ3n) is 4.71. The first-order valence-electron chi connectivity index (χ1n) is 6.83. The van der Waals surface area contributed by atoms with Crippen LogP contribution in [-0.4, -0.2) is 28.1 Å². The van der Waals surface area contributed by atoms with Crippen molar-refractivity contribution < 1.29 is 9.90 Å². The van der Waals surface area contributed by atoms with E-state index in [4.69, 9.17) is 11.6 Å². The Balaban J connectivity index is 1.83. The van der Waals surface area contributed by atoms with Crippen molar-refractivity contribution >= 4 is 17.6 Å². The summed E-state index contributed by atoms with van der Waals surface area (Å²) in [6, 6.07) is 8.78. The molecule has 2 aliphatic rings. The van der Waals surface area contributed by atoms with Crippen LogP contribution in [0.4, 0.5) is 0 Å². The average molecular weight is 280 g/mol. The molecular formula is C15H18ClNO2. The van der Waals surface area contributed by atoms with Gasteiger partial charge >= 0.3 is 5.97 Å². The van der Waals surface area contributed by atoms with Crippen LogP contribution in [0.1, 0.15) is 37.8 Å². The molecule has 4 unspecified atom stereocenters. The number of carbonyl (C=O) groups is 1. The molecule has 4 heteroatoms. The SMILES string of the molecule is CC(c1ccc(Cl)cc1)N1C2CCC1C(C(=O)O)C2. The quantitative estimate of drug-likeness (QED) is 0.922. The number of hydrogen-bond acceptors (Lipinski definition) is 2. The topological polar surface area (TPSA) is 40.5 Å². The minimum Gasteiger partial charge on any atom is -0.481 e. The third kappa shape index (κ3) is 2.15. The molecule has 0 spiro atoms. The van der Waals surface area contributed by atoms with E-state index >= 15 is 0 Å². The van der Waals surface area contributed by atoms with Crippen LogP contribution in [0.25, 0.3) is 0 Å². The molecule has 3 nitrogen and oxygen atoms in total. The van der Waals surface area contributed by atoms with Crippen molar-refractivity contribution in [3.8, 4) is 0 Å². The molecule has 0 saturated carbocycles. The predicted molar refractivity (Wildman–Crippen MR) is 74.3 cm³/mol. The minimum atomic E-state index is -0.638. The highest BCUT2D eigenvalue weighted by molar-refractivity contribution is 6.30. The fraction of sp³-hybridized carbons (Fsp3) is 0.533. The first-order chi connectivity index (χ1) is 9.08. The number of rotatable bonds is 3. The van der Waals surface area contributed by atoms with Gasteiger partial charge in [0.1, 0.15) is 0 Å². The van der Waals surface area contributed by atoms with Gasteiger partial charge < -0.3 is 5.11 Å². The first kappa shape index (κ1) is 12.9. The molecule has 2 saturated heterocycles. The van der Waals surface area contributed by atoms with Gasteiger partial charge in [0.2, 0.25) is 0 Å². The molecule has 102 valence electrons. The maximum absolute atomic E-state index is 11.3. The van der Waals surface area contributed by atoms with E-state index in [9.17, 15) is 9.90 Å². The lowest BCUT2D eigenvalue weighted by Crippen LogP contribution is -2.34. The van der Waals surface area contributed by atoms with Gasteiger partial charge in [0, 0.05) is 23.1 Å². The van der Waals surface area contributed by atoms with Crippen LogP contribution in [0.2, 0.25) is 5.02 Å². The summed E-state index contributed by atoms with van der Waals surface area (Å²) in [6.45, 7) is 2.17. The van der Waals surface area contributed by atoms with Crippen molar-refractivity contribution in [2.24, 2.45) is 5.92 Å². The number of fused-ring (bicyclic) bond motifs is 2. The molecule has 3 rings (SSSR count). The number of nitrogens with zero attached hydrogens (tertiary/aromatic N) is 1. The second-order valence-corrected chi connectivity index (χ2v) is 6.09. The Morgan fingerprint density at radius 2 is 2.05 bits per heavy atom. The summed E-state index contributed by atoms with van der Waals surface area (Å²) in [7, 11) is 0. The molecule has 2 fully saturated rings. The summed E-state index contributed by atoms with van der Waals surface area (Å²) in [5.41, 5.74) is 1.22. The number of halogens is 1. The zero-order chi connectivity index (χ0) is 13.6. The lowest BCUT2D eigenvalue weighted by Gasteiger charge is -2.30. The molecule has 2 heterocycles. The van der Waals surface area contributed by atoms with Crippen molar-refractivity contribution in [2.45, 2.75) is 44.3 Å². The predicted octanol–water partition coefficient (Wildman–Crippen LogP) is 3.34. The van der Waals surface area contributed by atoms with Gasteiger partial charge in [-0.1, -0.05) is 23.7 Å². The van der Waals surface area contributed by atoms with Crippen LogP contribution >= 0.6 is 11.6 Å². The smallest absolute Gasteiger partial charge is 0.308 e. The van der Waals surface area contributed by atoms with Crippen molar-refractivity contribution in [3.63, 3.8) is 0 Å². The van der Waals surface area contributed by atoms with Crippen molar-refractivity contribution in [3.05, 3.63) is 34.9 Å². The lowest BCUT2D eigenvalue weighted by atomic mass is 9.89. The maximum atomic E-state index is 11.3. The van der Waals surface area contributed by atoms with Crippen LogP contribution in [0.5, 0.6) is 0 Å².